The average Bonchev–Trinajstić information content (AvgIpc) is 3.25. The summed E-state index contributed by atoms with van der Waals surface area (Å²) >= 11 is 9.27. The summed E-state index contributed by atoms with van der Waals surface area (Å²) in [5.74, 6) is 0. The molecule has 2 heterocycles. The zero-order chi connectivity index (χ0) is 20.5. The molecule has 2 N–H and O–H groups in total. The van der Waals surface area contributed by atoms with E-state index in [1.54, 1.807) is 11.8 Å². The summed E-state index contributed by atoms with van der Waals surface area (Å²) in [4.78, 5) is 7.07. The van der Waals surface area contributed by atoms with E-state index in [2.05, 4.69) is 57.2 Å². The summed E-state index contributed by atoms with van der Waals surface area (Å²) in [6, 6.07) is 22.4. The normalized spacial score (nSPS) is 12.7. The van der Waals surface area contributed by atoms with E-state index in [9.17, 15) is 0 Å². The Morgan fingerprint density at radius 1 is 1.00 bits per heavy atom. The van der Waals surface area contributed by atoms with E-state index in [1.807, 2.05) is 42.6 Å². The molecular weight excluding hydrogens is 432 g/mol. The molecule has 0 unspecified atom stereocenters. The van der Waals surface area contributed by atoms with Crippen LogP contribution in [0.3, 0.4) is 0 Å². The van der Waals surface area contributed by atoms with Gasteiger partial charge in [-0.25, -0.2) is 4.98 Å². The molecule has 0 amide bonds. The van der Waals surface area contributed by atoms with Gasteiger partial charge in [0.15, 0.2) is 0 Å². The third-order valence-corrected chi connectivity index (χ3v) is 6.89. The Hall–Kier alpha value is -2.80. The van der Waals surface area contributed by atoms with Gasteiger partial charge in [0.1, 0.15) is 0 Å². The van der Waals surface area contributed by atoms with Crippen molar-refractivity contribution in [3.8, 4) is 11.3 Å². The first-order chi connectivity index (χ1) is 14.7. The summed E-state index contributed by atoms with van der Waals surface area (Å²) in [7, 11) is 0. The van der Waals surface area contributed by atoms with E-state index in [0.29, 0.717) is 5.02 Å². The van der Waals surface area contributed by atoms with E-state index in [4.69, 9.17) is 11.6 Å². The van der Waals surface area contributed by atoms with Gasteiger partial charge in [0.05, 0.1) is 22.8 Å². The zero-order valence-corrected chi connectivity index (χ0v) is 18.4. The van der Waals surface area contributed by atoms with E-state index in [-0.39, 0.29) is 0 Å². The topological polar surface area (TPSA) is 49.3 Å². The SMILES string of the molecule is CC(=NNc1nc(-c2ccc(Cl)cc2)cs1)c1ccc2c(c1)Nc1ccccc1S2. The van der Waals surface area contributed by atoms with Gasteiger partial charge in [0.2, 0.25) is 5.13 Å². The first-order valence-electron chi connectivity index (χ1n) is 9.36. The summed E-state index contributed by atoms with van der Waals surface area (Å²) < 4.78 is 0. The molecule has 5 rings (SSSR count). The van der Waals surface area contributed by atoms with Crippen LogP contribution in [0.1, 0.15) is 12.5 Å². The second-order valence-electron chi connectivity index (χ2n) is 6.79. The van der Waals surface area contributed by atoms with Crippen molar-refractivity contribution in [2.75, 3.05) is 10.7 Å². The molecule has 148 valence electrons. The van der Waals surface area contributed by atoms with E-state index in [0.717, 1.165) is 39.0 Å². The molecule has 0 bridgehead atoms. The quantitative estimate of drug-likeness (QED) is 0.220. The highest BCUT2D eigenvalue weighted by Gasteiger charge is 2.16. The minimum absolute atomic E-state index is 0.717. The van der Waals surface area contributed by atoms with Gasteiger partial charge in [-0.1, -0.05) is 53.7 Å². The molecule has 7 heteroatoms. The van der Waals surface area contributed by atoms with Crippen molar-refractivity contribution < 1.29 is 0 Å². The van der Waals surface area contributed by atoms with Gasteiger partial charge in [-0.05, 0) is 48.9 Å². The van der Waals surface area contributed by atoms with Crippen molar-refractivity contribution >= 4 is 56.9 Å². The third-order valence-electron chi connectivity index (χ3n) is 4.74. The first kappa shape index (κ1) is 19.2. The molecule has 3 aromatic carbocycles. The number of hydrogen-bond acceptors (Lipinski definition) is 6. The number of nitrogens with one attached hydrogen (secondary N) is 2. The number of aromatic nitrogens is 1. The molecular formula is C23H17ClN4S2. The molecule has 1 aromatic heterocycles. The smallest absolute Gasteiger partial charge is 0.203 e. The van der Waals surface area contributed by atoms with Gasteiger partial charge in [-0.3, -0.25) is 5.43 Å². The molecule has 0 fully saturated rings. The maximum atomic E-state index is 5.96. The number of nitrogens with zero attached hydrogens (tertiary/aromatic N) is 2. The molecule has 0 atom stereocenters. The van der Waals surface area contributed by atoms with Gasteiger partial charge in [0, 0.05) is 25.8 Å². The third kappa shape index (κ3) is 3.94. The molecule has 0 aliphatic carbocycles. The summed E-state index contributed by atoms with van der Waals surface area (Å²) in [6.07, 6.45) is 0. The van der Waals surface area contributed by atoms with Crippen molar-refractivity contribution in [1.82, 2.24) is 4.98 Å². The fourth-order valence-corrected chi connectivity index (χ4v) is 4.89. The molecule has 30 heavy (non-hydrogen) atoms. The number of hydrazone groups is 1. The lowest BCUT2D eigenvalue weighted by atomic mass is 10.1. The Labute approximate surface area is 188 Å². The Balaban J connectivity index is 1.32. The molecule has 4 nitrogen and oxygen atoms in total. The highest BCUT2D eigenvalue weighted by atomic mass is 35.5. The first-order valence-corrected chi connectivity index (χ1v) is 11.4. The number of rotatable bonds is 4. The van der Waals surface area contributed by atoms with Gasteiger partial charge in [-0.2, -0.15) is 5.10 Å². The number of fused-ring (bicyclic) bond motifs is 2. The highest BCUT2D eigenvalue weighted by Crippen LogP contribution is 2.44. The lowest BCUT2D eigenvalue weighted by Gasteiger charge is -2.21. The van der Waals surface area contributed by atoms with Crippen LogP contribution in [-0.4, -0.2) is 10.7 Å². The Morgan fingerprint density at radius 2 is 1.80 bits per heavy atom. The second-order valence-corrected chi connectivity index (χ2v) is 9.17. The van der Waals surface area contributed by atoms with Crippen LogP contribution >= 0.6 is 34.7 Å². The van der Waals surface area contributed by atoms with E-state index >= 15 is 0 Å². The minimum Gasteiger partial charge on any atom is -0.354 e. The maximum absolute atomic E-state index is 5.96. The van der Waals surface area contributed by atoms with Crippen molar-refractivity contribution in [3.05, 3.63) is 82.7 Å². The lowest BCUT2D eigenvalue weighted by Crippen LogP contribution is -2.04. The maximum Gasteiger partial charge on any atom is 0.203 e. The van der Waals surface area contributed by atoms with Crippen LogP contribution in [0.5, 0.6) is 0 Å². The summed E-state index contributed by atoms with van der Waals surface area (Å²) in [5, 5.41) is 11.5. The molecule has 0 spiro atoms. The Morgan fingerprint density at radius 3 is 2.67 bits per heavy atom. The van der Waals surface area contributed by atoms with Crippen LogP contribution in [0, 0.1) is 0 Å². The second kappa shape index (κ2) is 8.14. The van der Waals surface area contributed by atoms with Crippen LogP contribution in [-0.2, 0) is 0 Å². The van der Waals surface area contributed by atoms with Crippen molar-refractivity contribution in [1.29, 1.82) is 0 Å². The molecule has 0 saturated carbocycles. The van der Waals surface area contributed by atoms with E-state index in [1.165, 1.54) is 21.1 Å². The molecule has 0 saturated heterocycles. The number of anilines is 3. The number of halogens is 1. The average molecular weight is 449 g/mol. The van der Waals surface area contributed by atoms with Crippen molar-refractivity contribution in [2.45, 2.75) is 16.7 Å². The fraction of sp³-hybridized carbons (Fsp3) is 0.0435. The molecule has 0 radical (unpaired) electrons. The summed E-state index contributed by atoms with van der Waals surface area (Å²) in [5.41, 5.74) is 9.21. The molecule has 1 aliphatic rings. The van der Waals surface area contributed by atoms with Crippen LogP contribution in [0.2, 0.25) is 5.02 Å². The predicted octanol–water partition coefficient (Wildman–Crippen LogP) is 7.51. The predicted molar refractivity (Wildman–Crippen MR) is 129 cm³/mol. The largest absolute Gasteiger partial charge is 0.354 e. The number of para-hydroxylation sites is 1. The van der Waals surface area contributed by atoms with Crippen molar-refractivity contribution in [2.24, 2.45) is 5.10 Å². The van der Waals surface area contributed by atoms with Crippen molar-refractivity contribution in [3.63, 3.8) is 0 Å². The zero-order valence-electron chi connectivity index (χ0n) is 16.0. The van der Waals surface area contributed by atoms with Crippen LogP contribution in [0.25, 0.3) is 11.3 Å². The number of hydrogen-bond donors (Lipinski definition) is 2. The van der Waals surface area contributed by atoms with Gasteiger partial charge in [0.25, 0.3) is 0 Å². The Bertz CT molecular complexity index is 1250. The van der Waals surface area contributed by atoms with E-state index < -0.39 is 0 Å². The van der Waals surface area contributed by atoms with Gasteiger partial charge < -0.3 is 5.32 Å². The fourth-order valence-electron chi connectivity index (χ4n) is 3.14. The van der Waals surface area contributed by atoms with Crippen LogP contribution in [0.15, 0.2) is 87.0 Å². The monoisotopic (exact) mass is 448 g/mol. The standard InChI is InChI=1S/C23H17ClN4S2/c1-14(27-28-23-26-20(13-29-23)15-6-9-17(24)10-7-15)16-8-11-22-19(12-16)25-18-4-2-3-5-21(18)30-22/h2-13,25H,1H3,(H,26,28). The molecule has 1 aliphatic heterocycles. The van der Waals surface area contributed by atoms with Gasteiger partial charge in [-0.15, -0.1) is 11.3 Å². The lowest BCUT2D eigenvalue weighted by molar-refractivity contribution is 1.26. The number of benzene rings is 3. The highest BCUT2D eigenvalue weighted by molar-refractivity contribution is 7.99. The molecule has 4 aromatic rings. The van der Waals surface area contributed by atoms with Crippen LogP contribution in [0.4, 0.5) is 16.5 Å². The Kier molecular flexibility index (Phi) is 5.21. The summed E-state index contributed by atoms with van der Waals surface area (Å²) in [6.45, 7) is 1.99. The number of thiazole rings is 1. The van der Waals surface area contributed by atoms with Crippen LogP contribution < -0.4 is 10.7 Å². The van der Waals surface area contributed by atoms with Gasteiger partial charge >= 0.3 is 0 Å². The minimum atomic E-state index is 0.717.